The molecule has 0 saturated carbocycles. The number of fused-ring (bicyclic) bond motifs is 1. The van der Waals surface area contributed by atoms with Crippen molar-refractivity contribution >= 4 is 6.08 Å². The van der Waals surface area contributed by atoms with E-state index in [-0.39, 0.29) is 5.82 Å². The lowest BCUT2D eigenvalue weighted by atomic mass is 9.89. The van der Waals surface area contributed by atoms with Crippen LogP contribution in [0.3, 0.4) is 0 Å². The highest BCUT2D eigenvalue weighted by atomic mass is 19.1. The Bertz CT molecular complexity index is 702. The lowest BCUT2D eigenvalue weighted by Crippen LogP contribution is -2.26. The van der Waals surface area contributed by atoms with Gasteiger partial charge in [-0.1, -0.05) is 36.4 Å². The van der Waals surface area contributed by atoms with E-state index >= 15 is 0 Å². The van der Waals surface area contributed by atoms with Gasteiger partial charge in [-0.15, -0.1) is 0 Å². The Morgan fingerprint density at radius 1 is 1.09 bits per heavy atom. The minimum atomic E-state index is -0.715. The monoisotopic (exact) mass is 298 g/mol. The van der Waals surface area contributed by atoms with Gasteiger partial charge >= 0.3 is 0 Å². The van der Waals surface area contributed by atoms with Gasteiger partial charge < -0.3 is 9.84 Å². The quantitative estimate of drug-likeness (QED) is 0.900. The standard InChI is InChI=1S/C19H19FO2/c1-19(2)17-6-4-3-5-14(17)11-16(22-19)12-18(21)13-7-9-15(20)10-8-13/h3-11,18,21H,12H2,1-2H3/t18-/m0/s1. The van der Waals surface area contributed by atoms with E-state index in [1.807, 2.05) is 38.1 Å². The Hall–Kier alpha value is -2.13. The van der Waals surface area contributed by atoms with E-state index in [0.717, 1.165) is 16.9 Å². The molecule has 0 radical (unpaired) electrons. The second-order valence-corrected chi connectivity index (χ2v) is 6.08. The zero-order chi connectivity index (χ0) is 15.7. The van der Waals surface area contributed by atoms with Gasteiger partial charge in [0.1, 0.15) is 17.2 Å². The van der Waals surface area contributed by atoms with Crippen molar-refractivity contribution in [3.05, 3.63) is 76.8 Å². The lowest BCUT2D eigenvalue weighted by molar-refractivity contribution is 0.0131. The molecule has 3 rings (SSSR count). The van der Waals surface area contributed by atoms with Crippen LogP contribution in [0, 0.1) is 5.82 Å². The summed E-state index contributed by atoms with van der Waals surface area (Å²) < 4.78 is 19.0. The Kier molecular flexibility index (Phi) is 3.75. The molecule has 0 amide bonds. The third-order valence-corrected chi connectivity index (χ3v) is 3.96. The molecule has 3 heteroatoms. The van der Waals surface area contributed by atoms with Gasteiger partial charge in [0.2, 0.25) is 0 Å². The van der Waals surface area contributed by atoms with E-state index in [0.29, 0.717) is 12.0 Å². The van der Waals surface area contributed by atoms with Crippen LogP contribution in [0.2, 0.25) is 0 Å². The van der Waals surface area contributed by atoms with Crippen molar-refractivity contribution in [2.75, 3.05) is 0 Å². The predicted octanol–water partition coefficient (Wildman–Crippen LogP) is 4.56. The van der Waals surface area contributed by atoms with Crippen LogP contribution in [0.4, 0.5) is 4.39 Å². The number of aliphatic hydroxyl groups excluding tert-OH is 1. The molecule has 2 nitrogen and oxygen atoms in total. The lowest BCUT2D eigenvalue weighted by Gasteiger charge is -2.34. The van der Waals surface area contributed by atoms with Crippen LogP contribution >= 0.6 is 0 Å². The second-order valence-electron chi connectivity index (χ2n) is 6.08. The van der Waals surface area contributed by atoms with Gasteiger partial charge in [0.25, 0.3) is 0 Å². The molecule has 0 fully saturated rings. The Morgan fingerprint density at radius 3 is 2.50 bits per heavy atom. The molecule has 1 N–H and O–H groups in total. The first-order chi connectivity index (χ1) is 10.5. The fourth-order valence-electron chi connectivity index (χ4n) is 2.85. The third-order valence-electron chi connectivity index (χ3n) is 3.96. The van der Waals surface area contributed by atoms with Gasteiger partial charge in [-0.05, 0) is 43.2 Å². The van der Waals surface area contributed by atoms with Gasteiger partial charge in [-0.3, -0.25) is 0 Å². The fourth-order valence-corrected chi connectivity index (χ4v) is 2.85. The summed E-state index contributed by atoms with van der Waals surface area (Å²) >= 11 is 0. The molecule has 1 atom stereocenters. The Labute approximate surface area is 129 Å². The zero-order valence-electron chi connectivity index (χ0n) is 12.7. The van der Waals surface area contributed by atoms with E-state index in [9.17, 15) is 9.50 Å². The molecule has 0 aliphatic carbocycles. The van der Waals surface area contributed by atoms with Gasteiger partial charge in [0.15, 0.2) is 0 Å². The molecule has 1 heterocycles. The van der Waals surface area contributed by atoms with E-state index in [1.54, 1.807) is 12.1 Å². The maximum absolute atomic E-state index is 13.0. The Morgan fingerprint density at radius 2 is 1.77 bits per heavy atom. The van der Waals surface area contributed by atoms with E-state index in [1.165, 1.54) is 12.1 Å². The van der Waals surface area contributed by atoms with E-state index in [4.69, 9.17) is 4.74 Å². The molecule has 0 spiro atoms. The van der Waals surface area contributed by atoms with Crippen molar-refractivity contribution in [3.8, 4) is 0 Å². The number of aliphatic hydroxyl groups is 1. The van der Waals surface area contributed by atoms with Gasteiger partial charge in [0, 0.05) is 12.0 Å². The average Bonchev–Trinajstić information content (AvgIpc) is 2.47. The Balaban J connectivity index is 1.84. The summed E-state index contributed by atoms with van der Waals surface area (Å²) in [6.07, 6.45) is 1.62. The highest BCUT2D eigenvalue weighted by Crippen LogP contribution is 2.38. The maximum Gasteiger partial charge on any atom is 0.128 e. The minimum absolute atomic E-state index is 0.306. The number of benzene rings is 2. The third kappa shape index (κ3) is 2.90. The molecule has 0 aromatic heterocycles. The van der Waals surface area contributed by atoms with Gasteiger partial charge in [0.05, 0.1) is 6.10 Å². The average molecular weight is 298 g/mol. The molecule has 0 bridgehead atoms. The van der Waals surface area contributed by atoms with E-state index in [2.05, 4.69) is 6.07 Å². The van der Waals surface area contributed by atoms with Crippen molar-refractivity contribution in [2.24, 2.45) is 0 Å². The number of rotatable bonds is 3. The highest BCUT2D eigenvalue weighted by Gasteiger charge is 2.30. The van der Waals surface area contributed by atoms with Crippen molar-refractivity contribution < 1.29 is 14.2 Å². The molecule has 1 aliphatic rings. The molecular formula is C19H19FO2. The van der Waals surface area contributed by atoms with Crippen LogP contribution in [-0.4, -0.2) is 5.11 Å². The topological polar surface area (TPSA) is 29.5 Å². The van der Waals surface area contributed by atoms with Gasteiger partial charge in [-0.2, -0.15) is 0 Å². The first kappa shape index (κ1) is 14.8. The van der Waals surface area contributed by atoms with Crippen LogP contribution in [0.5, 0.6) is 0 Å². The molecule has 22 heavy (non-hydrogen) atoms. The summed E-state index contributed by atoms with van der Waals surface area (Å²) in [5, 5.41) is 10.3. The summed E-state index contributed by atoms with van der Waals surface area (Å²) in [6, 6.07) is 14.0. The zero-order valence-corrected chi connectivity index (χ0v) is 12.7. The molecule has 2 aromatic rings. The normalized spacial score (nSPS) is 17.2. The number of halogens is 1. The van der Waals surface area contributed by atoms with Crippen LogP contribution < -0.4 is 0 Å². The van der Waals surface area contributed by atoms with Crippen molar-refractivity contribution in [1.82, 2.24) is 0 Å². The van der Waals surface area contributed by atoms with Crippen LogP contribution in [-0.2, 0) is 10.3 Å². The molecule has 2 aromatic carbocycles. The van der Waals surface area contributed by atoms with Crippen molar-refractivity contribution in [1.29, 1.82) is 0 Å². The molecular weight excluding hydrogens is 279 g/mol. The first-order valence-corrected chi connectivity index (χ1v) is 7.38. The summed E-state index contributed by atoms with van der Waals surface area (Å²) in [5.41, 5.74) is 2.50. The van der Waals surface area contributed by atoms with Crippen molar-refractivity contribution in [3.63, 3.8) is 0 Å². The van der Waals surface area contributed by atoms with Gasteiger partial charge in [-0.25, -0.2) is 4.39 Å². The summed E-state index contributed by atoms with van der Waals surface area (Å²) in [5.74, 6) is 0.430. The molecule has 114 valence electrons. The van der Waals surface area contributed by atoms with Crippen molar-refractivity contribution in [2.45, 2.75) is 32.0 Å². The number of ether oxygens (including phenoxy) is 1. The highest BCUT2D eigenvalue weighted by molar-refractivity contribution is 5.59. The first-order valence-electron chi connectivity index (χ1n) is 7.38. The SMILES string of the molecule is CC1(C)OC(C[C@H](O)c2ccc(F)cc2)=Cc2ccccc21. The predicted molar refractivity (Wildman–Crippen MR) is 84.5 cm³/mol. The number of hydrogen-bond acceptors (Lipinski definition) is 2. The molecule has 0 saturated heterocycles. The summed E-state index contributed by atoms with van der Waals surface area (Å²) in [4.78, 5) is 0. The smallest absolute Gasteiger partial charge is 0.128 e. The van der Waals surface area contributed by atoms with Crippen LogP contribution in [0.1, 0.15) is 43.1 Å². The van der Waals surface area contributed by atoms with E-state index < -0.39 is 11.7 Å². The van der Waals surface area contributed by atoms with Crippen LogP contribution in [0.25, 0.3) is 6.08 Å². The summed E-state index contributed by atoms with van der Waals surface area (Å²) in [6.45, 7) is 4.03. The fraction of sp³-hybridized carbons (Fsp3) is 0.263. The minimum Gasteiger partial charge on any atom is -0.487 e. The summed E-state index contributed by atoms with van der Waals surface area (Å²) in [7, 11) is 0. The van der Waals surface area contributed by atoms with Crippen LogP contribution in [0.15, 0.2) is 54.3 Å². The molecule has 1 aliphatic heterocycles. The molecule has 0 unspecified atom stereocenters. The largest absolute Gasteiger partial charge is 0.487 e. The second kappa shape index (κ2) is 5.58. The maximum atomic E-state index is 13.0. The number of hydrogen-bond donors (Lipinski definition) is 1.